The van der Waals surface area contributed by atoms with Crippen molar-refractivity contribution in [2.45, 2.75) is 12.8 Å². The third kappa shape index (κ3) is 3.14. The summed E-state index contributed by atoms with van der Waals surface area (Å²) in [5.74, 6) is 1.11. The quantitative estimate of drug-likeness (QED) is 0.510. The second-order valence-corrected chi connectivity index (χ2v) is 7.20. The van der Waals surface area contributed by atoms with E-state index in [9.17, 15) is 4.79 Å². The Hall–Kier alpha value is -3.19. The monoisotopic (exact) mass is 375 g/mol. The molecule has 1 aliphatic heterocycles. The lowest BCUT2D eigenvalue weighted by Crippen LogP contribution is -2.32. The van der Waals surface area contributed by atoms with E-state index in [1.165, 1.54) is 0 Å². The summed E-state index contributed by atoms with van der Waals surface area (Å²) in [6, 6.07) is 13.5. The number of para-hydroxylation sites is 1. The number of amides is 1. The van der Waals surface area contributed by atoms with Gasteiger partial charge >= 0.3 is 0 Å². The Kier molecular flexibility index (Phi) is 4.29. The maximum absolute atomic E-state index is 12.5. The Morgan fingerprint density at radius 2 is 2.00 bits per heavy atom. The fourth-order valence-corrected chi connectivity index (χ4v) is 3.69. The molecule has 28 heavy (non-hydrogen) atoms. The molecule has 0 aliphatic carbocycles. The molecule has 0 unspecified atom stereocenters. The number of ether oxygens (including phenoxy) is 1. The third-order valence-electron chi connectivity index (χ3n) is 5.33. The van der Waals surface area contributed by atoms with E-state index in [4.69, 9.17) is 4.74 Å². The Labute approximate surface area is 161 Å². The first kappa shape index (κ1) is 16.9. The van der Waals surface area contributed by atoms with Gasteiger partial charge in [-0.25, -0.2) is 4.98 Å². The zero-order chi connectivity index (χ0) is 18.9. The van der Waals surface area contributed by atoms with Crippen molar-refractivity contribution in [2.24, 2.45) is 5.92 Å². The van der Waals surface area contributed by atoms with E-state index in [0.29, 0.717) is 23.9 Å². The van der Waals surface area contributed by atoms with E-state index in [-0.39, 0.29) is 5.91 Å². The number of nitrogens with one attached hydrogen (secondary N) is 3. The van der Waals surface area contributed by atoms with Gasteiger partial charge in [0.15, 0.2) is 5.82 Å². The highest BCUT2D eigenvalue weighted by atomic mass is 16.5. The van der Waals surface area contributed by atoms with Crippen molar-refractivity contribution in [2.75, 3.05) is 19.8 Å². The van der Waals surface area contributed by atoms with E-state index in [0.717, 1.165) is 53.7 Å². The standard InChI is InChI=1S/C21H21N5O2/c27-21(22-12-13-7-9-28-10-8-13)14-5-6-17-18(11-14)24-20(23-17)19-15-3-1-2-4-16(15)25-26-19/h1-6,11,13H,7-10,12H2,(H,22,27)(H,23,24)(H,25,26). The first-order chi connectivity index (χ1) is 13.8. The summed E-state index contributed by atoms with van der Waals surface area (Å²) in [6.45, 7) is 2.25. The normalized spacial score (nSPS) is 15.3. The molecule has 0 bridgehead atoms. The van der Waals surface area contributed by atoms with Gasteiger partial charge in [0.2, 0.25) is 0 Å². The Morgan fingerprint density at radius 3 is 2.89 bits per heavy atom. The Bertz CT molecular complexity index is 1140. The minimum absolute atomic E-state index is 0.0665. The predicted molar refractivity (Wildman–Crippen MR) is 107 cm³/mol. The molecule has 142 valence electrons. The van der Waals surface area contributed by atoms with Crippen LogP contribution in [0.5, 0.6) is 0 Å². The van der Waals surface area contributed by atoms with Gasteiger partial charge in [0.25, 0.3) is 5.91 Å². The highest BCUT2D eigenvalue weighted by molar-refractivity contribution is 5.98. The first-order valence-corrected chi connectivity index (χ1v) is 9.57. The summed E-state index contributed by atoms with van der Waals surface area (Å²) in [5, 5.41) is 11.5. The Morgan fingerprint density at radius 1 is 1.14 bits per heavy atom. The summed E-state index contributed by atoms with van der Waals surface area (Å²) < 4.78 is 5.37. The summed E-state index contributed by atoms with van der Waals surface area (Å²) in [4.78, 5) is 20.5. The maximum Gasteiger partial charge on any atom is 0.251 e. The smallest absolute Gasteiger partial charge is 0.251 e. The van der Waals surface area contributed by atoms with Crippen molar-refractivity contribution in [1.82, 2.24) is 25.5 Å². The molecule has 1 saturated heterocycles. The van der Waals surface area contributed by atoms with Crippen molar-refractivity contribution in [3.63, 3.8) is 0 Å². The van der Waals surface area contributed by atoms with Crippen molar-refractivity contribution in [3.8, 4) is 11.5 Å². The van der Waals surface area contributed by atoms with Gasteiger partial charge in [0.05, 0.1) is 16.6 Å². The minimum Gasteiger partial charge on any atom is -0.381 e. The van der Waals surface area contributed by atoms with Crippen LogP contribution in [0.25, 0.3) is 33.5 Å². The fourth-order valence-electron chi connectivity index (χ4n) is 3.69. The average Bonchev–Trinajstić information content (AvgIpc) is 3.36. The number of benzene rings is 2. The number of nitrogens with zero attached hydrogens (tertiary/aromatic N) is 2. The van der Waals surface area contributed by atoms with Crippen molar-refractivity contribution < 1.29 is 9.53 Å². The number of aromatic amines is 2. The minimum atomic E-state index is -0.0665. The molecule has 7 nitrogen and oxygen atoms in total. The van der Waals surface area contributed by atoms with Crippen LogP contribution in [0, 0.1) is 5.92 Å². The molecule has 4 aromatic rings. The number of carbonyl (C=O) groups is 1. The van der Waals surface area contributed by atoms with Crippen molar-refractivity contribution >= 4 is 27.8 Å². The lowest BCUT2D eigenvalue weighted by molar-refractivity contribution is 0.0642. The van der Waals surface area contributed by atoms with Crippen LogP contribution in [0.2, 0.25) is 0 Å². The van der Waals surface area contributed by atoms with Crippen LogP contribution in [-0.2, 0) is 4.74 Å². The van der Waals surface area contributed by atoms with E-state index < -0.39 is 0 Å². The zero-order valence-electron chi connectivity index (χ0n) is 15.4. The Balaban J connectivity index is 1.38. The number of carbonyl (C=O) groups excluding carboxylic acids is 1. The van der Waals surface area contributed by atoms with Gasteiger partial charge in [-0.2, -0.15) is 5.10 Å². The third-order valence-corrected chi connectivity index (χ3v) is 5.33. The van der Waals surface area contributed by atoms with Crippen LogP contribution in [0.3, 0.4) is 0 Å². The van der Waals surface area contributed by atoms with E-state index >= 15 is 0 Å². The van der Waals surface area contributed by atoms with Gasteiger partial charge in [-0.1, -0.05) is 18.2 Å². The number of hydrogen-bond acceptors (Lipinski definition) is 4. The molecule has 0 atom stereocenters. The molecular weight excluding hydrogens is 354 g/mol. The molecule has 7 heteroatoms. The molecule has 2 aromatic heterocycles. The van der Waals surface area contributed by atoms with Gasteiger partial charge < -0.3 is 15.0 Å². The molecule has 1 aliphatic rings. The number of hydrogen-bond donors (Lipinski definition) is 3. The molecule has 3 N–H and O–H groups in total. The van der Waals surface area contributed by atoms with Crippen LogP contribution in [-0.4, -0.2) is 45.8 Å². The molecule has 5 rings (SSSR count). The number of aromatic nitrogens is 4. The second-order valence-electron chi connectivity index (χ2n) is 7.20. The number of fused-ring (bicyclic) bond motifs is 2. The number of imidazole rings is 1. The summed E-state index contributed by atoms with van der Waals surface area (Å²) >= 11 is 0. The molecule has 1 amide bonds. The molecule has 0 saturated carbocycles. The van der Waals surface area contributed by atoms with Gasteiger partial charge in [-0.15, -0.1) is 0 Å². The maximum atomic E-state index is 12.5. The van der Waals surface area contributed by atoms with Gasteiger partial charge in [-0.3, -0.25) is 9.89 Å². The van der Waals surface area contributed by atoms with E-state index in [1.807, 2.05) is 42.5 Å². The molecular formula is C21H21N5O2. The van der Waals surface area contributed by atoms with Crippen molar-refractivity contribution in [3.05, 3.63) is 48.0 Å². The second kappa shape index (κ2) is 7.09. The highest BCUT2D eigenvalue weighted by Gasteiger charge is 2.17. The van der Waals surface area contributed by atoms with E-state index in [2.05, 4.69) is 25.5 Å². The topological polar surface area (TPSA) is 95.7 Å². The number of rotatable bonds is 4. The van der Waals surface area contributed by atoms with Crippen molar-refractivity contribution in [1.29, 1.82) is 0 Å². The predicted octanol–water partition coefficient (Wildman–Crippen LogP) is 3.26. The lowest BCUT2D eigenvalue weighted by Gasteiger charge is -2.22. The van der Waals surface area contributed by atoms with Gasteiger partial charge in [0, 0.05) is 30.7 Å². The highest BCUT2D eigenvalue weighted by Crippen LogP contribution is 2.26. The van der Waals surface area contributed by atoms with Crippen LogP contribution in [0.1, 0.15) is 23.2 Å². The van der Waals surface area contributed by atoms with Crippen LogP contribution < -0.4 is 5.32 Å². The van der Waals surface area contributed by atoms with Crippen LogP contribution >= 0.6 is 0 Å². The largest absolute Gasteiger partial charge is 0.381 e. The fraction of sp³-hybridized carbons (Fsp3) is 0.286. The molecule has 0 spiro atoms. The van der Waals surface area contributed by atoms with Gasteiger partial charge in [0.1, 0.15) is 5.69 Å². The lowest BCUT2D eigenvalue weighted by atomic mass is 10.0. The van der Waals surface area contributed by atoms with Gasteiger partial charge in [-0.05, 0) is 43.0 Å². The summed E-state index contributed by atoms with van der Waals surface area (Å²) in [5.41, 5.74) is 3.98. The SMILES string of the molecule is O=C(NCC1CCOCC1)c1ccc2[nH]c(-c3n[nH]c4ccccc34)nc2c1. The summed E-state index contributed by atoms with van der Waals surface area (Å²) in [7, 11) is 0. The first-order valence-electron chi connectivity index (χ1n) is 9.57. The summed E-state index contributed by atoms with van der Waals surface area (Å²) in [6.07, 6.45) is 2.00. The zero-order valence-corrected chi connectivity index (χ0v) is 15.4. The van der Waals surface area contributed by atoms with E-state index in [1.54, 1.807) is 0 Å². The average molecular weight is 375 g/mol. The number of H-pyrrole nitrogens is 2. The molecule has 0 radical (unpaired) electrons. The molecule has 1 fully saturated rings. The molecule has 3 heterocycles. The van der Waals surface area contributed by atoms with Crippen LogP contribution in [0.4, 0.5) is 0 Å². The van der Waals surface area contributed by atoms with Crippen LogP contribution in [0.15, 0.2) is 42.5 Å². The molecule has 2 aromatic carbocycles.